The molecule has 0 heterocycles. The third-order valence-corrected chi connectivity index (χ3v) is 1.12. The van der Waals surface area contributed by atoms with Crippen LogP contribution in [0.1, 0.15) is 20.8 Å². The van der Waals surface area contributed by atoms with Gasteiger partial charge < -0.3 is 10.8 Å². The zero-order valence-electron chi connectivity index (χ0n) is 8.17. The topological polar surface area (TPSA) is 46.2 Å². The number of aliphatic hydroxyl groups excluding tert-OH is 1. The molecule has 0 fully saturated rings. The van der Waals surface area contributed by atoms with Gasteiger partial charge in [0.25, 0.3) is 0 Å². The van der Waals surface area contributed by atoms with E-state index >= 15 is 0 Å². The van der Waals surface area contributed by atoms with Crippen LogP contribution < -0.4 is 5.73 Å². The summed E-state index contributed by atoms with van der Waals surface area (Å²) in [5.74, 6) is 0.194. The summed E-state index contributed by atoms with van der Waals surface area (Å²) in [6.07, 6.45) is 4.88. The first-order valence-electron chi connectivity index (χ1n) is 4.13. The Morgan fingerprint density at radius 3 is 2.25 bits per heavy atom. The van der Waals surface area contributed by atoms with E-state index in [9.17, 15) is 0 Å². The Labute approximate surface area is 75.1 Å². The predicted molar refractivity (Wildman–Crippen MR) is 55.1 cm³/mol. The first-order chi connectivity index (χ1) is 5.76. The highest BCUT2D eigenvalue weighted by Gasteiger charge is 1.93. The van der Waals surface area contributed by atoms with Crippen LogP contribution in [0.15, 0.2) is 36.1 Å². The molecule has 0 spiro atoms. The van der Waals surface area contributed by atoms with E-state index in [0.717, 1.165) is 0 Å². The summed E-state index contributed by atoms with van der Waals surface area (Å²) < 4.78 is 0. The summed E-state index contributed by atoms with van der Waals surface area (Å²) in [6.45, 7) is 9.65. The molecule has 3 N–H and O–H groups in total. The largest absolute Gasteiger partial charge is 0.508 e. The third-order valence-electron chi connectivity index (χ3n) is 1.12. The molecule has 0 atom stereocenters. The summed E-state index contributed by atoms with van der Waals surface area (Å²) in [5, 5.41) is 9.15. The number of hydrogen-bond acceptors (Lipinski definition) is 2. The minimum absolute atomic E-state index is 0.194. The van der Waals surface area contributed by atoms with Crippen molar-refractivity contribution in [3.8, 4) is 0 Å². The summed E-state index contributed by atoms with van der Waals surface area (Å²) in [4.78, 5) is 0. The standard InChI is InChI=1S/C8H13NO.C2H6/c1-3-5-8(10)7(4-2)6-9;1-2/h3-5,10H,2,6,9H2,1H3;1-2H3/b5-3-,8-7-;. The molecule has 0 aliphatic heterocycles. The average molecular weight is 169 g/mol. The van der Waals surface area contributed by atoms with Gasteiger partial charge in [-0.3, -0.25) is 0 Å². The molecule has 0 aromatic rings. The molecule has 0 saturated carbocycles. The zero-order valence-corrected chi connectivity index (χ0v) is 8.17. The van der Waals surface area contributed by atoms with Gasteiger partial charge in [-0.15, -0.1) is 0 Å². The van der Waals surface area contributed by atoms with E-state index in [0.29, 0.717) is 12.1 Å². The monoisotopic (exact) mass is 169 g/mol. The van der Waals surface area contributed by atoms with E-state index in [2.05, 4.69) is 6.58 Å². The Bertz CT molecular complexity index is 169. The molecule has 0 aliphatic carbocycles. The molecule has 0 aliphatic rings. The minimum Gasteiger partial charge on any atom is -0.508 e. The maximum atomic E-state index is 9.15. The molecule has 2 heteroatoms. The van der Waals surface area contributed by atoms with Gasteiger partial charge in [0.15, 0.2) is 0 Å². The highest BCUT2D eigenvalue weighted by molar-refractivity contribution is 5.27. The van der Waals surface area contributed by atoms with Gasteiger partial charge in [0.1, 0.15) is 5.76 Å². The van der Waals surface area contributed by atoms with E-state index in [-0.39, 0.29) is 5.76 Å². The lowest BCUT2D eigenvalue weighted by molar-refractivity contribution is 0.426. The Hall–Kier alpha value is -1.02. The molecule has 12 heavy (non-hydrogen) atoms. The molecular weight excluding hydrogens is 150 g/mol. The zero-order chi connectivity index (χ0) is 9.98. The second-order valence-electron chi connectivity index (χ2n) is 1.82. The fourth-order valence-electron chi connectivity index (χ4n) is 0.557. The average Bonchev–Trinajstić information content (AvgIpc) is 2.11. The molecule has 2 nitrogen and oxygen atoms in total. The van der Waals surface area contributed by atoms with Gasteiger partial charge in [0.05, 0.1) is 0 Å². The molecule has 0 rings (SSSR count). The van der Waals surface area contributed by atoms with Gasteiger partial charge >= 0.3 is 0 Å². The van der Waals surface area contributed by atoms with Crippen LogP contribution in [0.5, 0.6) is 0 Å². The summed E-state index contributed by atoms with van der Waals surface area (Å²) >= 11 is 0. The Balaban J connectivity index is 0. The Morgan fingerprint density at radius 1 is 1.50 bits per heavy atom. The highest BCUT2D eigenvalue weighted by atomic mass is 16.3. The van der Waals surface area contributed by atoms with Gasteiger partial charge in [0, 0.05) is 12.1 Å². The fourth-order valence-corrected chi connectivity index (χ4v) is 0.557. The molecule has 0 saturated heterocycles. The van der Waals surface area contributed by atoms with E-state index < -0.39 is 0 Å². The van der Waals surface area contributed by atoms with Crippen LogP contribution in [0.4, 0.5) is 0 Å². The van der Waals surface area contributed by atoms with Crippen molar-refractivity contribution in [3.63, 3.8) is 0 Å². The lowest BCUT2D eigenvalue weighted by atomic mass is 10.2. The van der Waals surface area contributed by atoms with Crippen LogP contribution in [0.2, 0.25) is 0 Å². The number of rotatable bonds is 3. The van der Waals surface area contributed by atoms with Crippen LogP contribution in [-0.2, 0) is 0 Å². The van der Waals surface area contributed by atoms with Crippen molar-refractivity contribution in [3.05, 3.63) is 36.1 Å². The van der Waals surface area contributed by atoms with Crippen molar-refractivity contribution in [1.29, 1.82) is 0 Å². The number of aliphatic hydroxyl groups is 1. The molecule has 0 aromatic carbocycles. The summed E-state index contributed by atoms with van der Waals surface area (Å²) in [6, 6.07) is 0. The number of allylic oxidation sites excluding steroid dienone is 2. The van der Waals surface area contributed by atoms with Crippen molar-refractivity contribution in [2.24, 2.45) is 5.73 Å². The lowest BCUT2D eigenvalue weighted by Crippen LogP contribution is -2.03. The lowest BCUT2D eigenvalue weighted by Gasteiger charge is -1.97. The molecule has 0 aromatic heterocycles. The predicted octanol–water partition coefficient (Wildman–Crippen LogP) is 2.55. The van der Waals surface area contributed by atoms with Crippen molar-refractivity contribution in [1.82, 2.24) is 0 Å². The quantitative estimate of drug-likeness (QED) is 0.504. The van der Waals surface area contributed by atoms with Crippen LogP contribution in [-0.4, -0.2) is 11.7 Å². The fraction of sp³-hybridized carbons (Fsp3) is 0.400. The number of nitrogens with two attached hydrogens (primary N) is 1. The minimum atomic E-state index is 0.194. The normalized spacial score (nSPS) is 11.7. The third kappa shape index (κ3) is 5.74. The first kappa shape index (κ1) is 13.6. The molecule has 0 bridgehead atoms. The second kappa shape index (κ2) is 9.98. The van der Waals surface area contributed by atoms with E-state index in [1.165, 1.54) is 0 Å². The SMILES string of the molecule is C=C/C(CN)=C(O)\C=C/C.CC. The van der Waals surface area contributed by atoms with Crippen molar-refractivity contribution in [2.75, 3.05) is 6.54 Å². The van der Waals surface area contributed by atoms with Gasteiger partial charge in [-0.25, -0.2) is 0 Å². The number of hydrogen-bond donors (Lipinski definition) is 2. The van der Waals surface area contributed by atoms with Crippen molar-refractivity contribution >= 4 is 0 Å². The molecule has 70 valence electrons. The summed E-state index contributed by atoms with van der Waals surface area (Å²) in [5.41, 5.74) is 5.96. The van der Waals surface area contributed by atoms with Gasteiger partial charge in [-0.1, -0.05) is 32.6 Å². The van der Waals surface area contributed by atoms with Crippen LogP contribution in [0, 0.1) is 0 Å². The van der Waals surface area contributed by atoms with Crippen LogP contribution in [0.3, 0.4) is 0 Å². The maximum Gasteiger partial charge on any atom is 0.119 e. The molecule has 0 unspecified atom stereocenters. The maximum absolute atomic E-state index is 9.15. The second-order valence-corrected chi connectivity index (χ2v) is 1.82. The summed E-state index contributed by atoms with van der Waals surface area (Å²) in [7, 11) is 0. The molecule has 0 radical (unpaired) electrons. The molecule has 0 amide bonds. The van der Waals surface area contributed by atoms with E-state index in [1.807, 2.05) is 20.8 Å². The Kier molecular flexibility index (Phi) is 11.3. The van der Waals surface area contributed by atoms with Crippen LogP contribution in [0.25, 0.3) is 0 Å². The van der Waals surface area contributed by atoms with Gasteiger partial charge in [-0.05, 0) is 13.0 Å². The van der Waals surface area contributed by atoms with Crippen molar-refractivity contribution < 1.29 is 5.11 Å². The smallest absolute Gasteiger partial charge is 0.119 e. The highest BCUT2D eigenvalue weighted by Crippen LogP contribution is 2.01. The van der Waals surface area contributed by atoms with Crippen molar-refractivity contribution in [2.45, 2.75) is 20.8 Å². The first-order valence-corrected chi connectivity index (χ1v) is 4.13. The van der Waals surface area contributed by atoms with Gasteiger partial charge in [0.2, 0.25) is 0 Å². The van der Waals surface area contributed by atoms with Crippen LogP contribution >= 0.6 is 0 Å². The van der Waals surface area contributed by atoms with E-state index in [1.54, 1.807) is 18.2 Å². The van der Waals surface area contributed by atoms with Gasteiger partial charge in [-0.2, -0.15) is 0 Å². The van der Waals surface area contributed by atoms with E-state index in [4.69, 9.17) is 10.8 Å². The molecular formula is C10H19NO. The Morgan fingerprint density at radius 2 is 2.00 bits per heavy atom.